The largest absolute Gasteiger partial charge is 0.337 e. The number of hydrogen-bond donors (Lipinski definition) is 2. The number of hydrogen-bond acceptors (Lipinski definition) is 3. The molecule has 0 spiro atoms. The predicted octanol–water partition coefficient (Wildman–Crippen LogP) is 0.900. The van der Waals surface area contributed by atoms with Crippen LogP contribution in [0, 0.1) is 0 Å². The zero-order valence-corrected chi connectivity index (χ0v) is 12.6. The Hall–Kier alpha value is -0.820. The van der Waals surface area contributed by atoms with Gasteiger partial charge in [-0.1, -0.05) is 26.7 Å². The first kappa shape index (κ1) is 16.2. The summed E-state index contributed by atoms with van der Waals surface area (Å²) in [6.45, 7) is 4.69. The van der Waals surface area contributed by atoms with Crippen LogP contribution in [0.2, 0.25) is 0 Å². The molecule has 1 fully saturated rings. The number of nitrogens with zero attached hydrogens (tertiary/aromatic N) is 1. The van der Waals surface area contributed by atoms with Crippen LogP contribution >= 0.6 is 0 Å². The van der Waals surface area contributed by atoms with Gasteiger partial charge in [0.05, 0.1) is 5.75 Å². The average Bonchev–Trinajstić information content (AvgIpc) is 2.82. The number of rotatable bonds is 7. The minimum atomic E-state index is -3.25. The van der Waals surface area contributed by atoms with Crippen LogP contribution in [0.5, 0.6) is 0 Å². The molecule has 0 atom stereocenters. The van der Waals surface area contributed by atoms with Crippen LogP contribution in [0.3, 0.4) is 0 Å². The molecule has 19 heavy (non-hydrogen) atoms. The summed E-state index contributed by atoms with van der Waals surface area (Å²) in [4.78, 5) is 11.6. The molecule has 0 radical (unpaired) electrons. The van der Waals surface area contributed by atoms with Crippen molar-refractivity contribution in [3.63, 3.8) is 0 Å². The maximum absolute atomic E-state index is 11.9. The Balaban J connectivity index is 2.27. The van der Waals surface area contributed by atoms with Crippen LogP contribution in [-0.2, 0) is 10.0 Å². The molecule has 1 aliphatic carbocycles. The molecule has 7 heteroatoms. The molecule has 2 amide bonds. The summed E-state index contributed by atoms with van der Waals surface area (Å²) in [6.07, 6.45) is 4.35. The number of amides is 2. The first-order chi connectivity index (χ1) is 8.99. The van der Waals surface area contributed by atoms with E-state index in [-0.39, 0.29) is 24.4 Å². The SMILES string of the molecule is CCN(CC)S(=O)(=O)CCNC(=O)NC1CCCC1. The first-order valence-electron chi connectivity index (χ1n) is 7.01. The highest BCUT2D eigenvalue weighted by Gasteiger charge is 2.20. The third-order valence-corrected chi connectivity index (χ3v) is 5.46. The topological polar surface area (TPSA) is 78.5 Å². The van der Waals surface area contributed by atoms with Gasteiger partial charge in [-0.25, -0.2) is 17.5 Å². The molecular formula is C12H25N3O3S. The lowest BCUT2D eigenvalue weighted by atomic mass is 10.3. The number of urea groups is 1. The van der Waals surface area contributed by atoms with Gasteiger partial charge < -0.3 is 10.6 Å². The van der Waals surface area contributed by atoms with Crippen molar-refractivity contribution in [1.29, 1.82) is 0 Å². The molecule has 1 saturated carbocycles. The Morgan fingerprint density at radius 3 is 2.32 bits per heavy atom. The van der Waals surface area contributed by atoms with E-state index in [1.807, 2.05) is 0 Å². The molecular weight excluding hydrogens is 266 g/mol. The number of carbonyl (C=O) groups is 1. The van der Waals surface area contributed by atoms with Crippen molar-refractivity contribution < 1.29 is 13.2 Å². The molecule has 112 valence electrons. The van der Waals surface area contributed by atoms with Crippen molar-refractivity contribution in [2.75, 3.05) is 25.4 Å². The van der Waals surface area contributed by atoms with E-state index in [4.69, 9.17) is 0 Å². The van der Waals surface area contributed by atoms with E-state index in [9.17, 15) is 13.2 Å². The van der Waals surface area contributed by atoms with E-state index >= 15 is 0 Å². The third-order valence-electron chi connectivity index (χ3n) is 3.43. The van der Waals surface area contributed by atoms with Gasteiger partial charge in [-0.15, -0.1) is 0 Å². The van der Waals surface area contributed by atoms with Crippen LogP contribution in [-0.4, -0.2) is 50.2 Å². The summed E-state index contributed by atoms with van der Waals surface area (Å²) >= 11 is 0. The standard InChI is InChI=1S/C12H25N3O3S/c1-3-15(4-2)19(17,18)10-9-13-12(16)14-11-7-5-6-8-11/h11H,3-10H2,1-2H3,(H2,13,14,16). The van der Waals surface area contributed by atoms with Gasteiger partial charge in [0.1, 0.15) is 0 Å². The highest BCUT2D eigenvalue weighted by Crippen LogP contribution is 2.17. The second-order valence-electron chi connectivity index (χ2n) is 4.78. The van der Waals surface area contributed by atoms with Gasteiger partial charge in [-0.05, 0) is 12.8 Å². The summed E-state index contributed by atoms with van der Waals surface area (Å²) < 4.78 is 25.2. The smallest absolute Gasteiger partial charge is 0.315 e. The summed E-state index contributed by atoms with van der Waals surface area (Å²) in [5.74, 6) is -0.0488. The van der Waals surface area contributed by atoms with Gasteiger partial charge in [-0.3, -0.25) is 0 Å². The molecule has 0 heterocycles. The molecule has 0 aliphatic heterocycles. The van der Waals surface area contributed by atoms with E-state index in [2.05, 4.69) is 10.6 Å². The molecule has 0 aromatic rings. The fourth-order valence-electron chi connectivity index (χ4n) is 2.35. The van der Waals surface area contributed by atoms with E-state index < -0.39 is 10.0 Å². The second-order valence-corrected chi connectivity index (χ2v) is 6.87. The summed E-state index contributed by atoms with van der Waals surface area (Å²) in [5, 5.41) is 5.48. The van der Waals surface area contributed by atoms with E-state index in [1.54, 1.807) is 13.8 Å². The lowest BCUT2D eigenvalue weighted by Crippen LogP contribution is -2.44. The first-order valence-corrected chi connectivity index (χ1v) is 8.62. The van der Waals surface area contributed by atoms with E-state index in [0.29, 0.717) is 13.1 Å². The molecule has 0 unspecified atom stereocenters. The van der Waals surface area contributed by atoms with Crippen LogP contribution in [0.15, 0.2) is 0 Å². The zero-order valence-electron chi connectivity index (χ0n) is 11.8. The van der Waals surface area contributed by atoms with Gasteiger partial charge in [0.25, 0.3) is 0 Å². The Kier molecular flexibility index (Phi) is 6.57. The Bertz CT molecular complexity index is 374. The summed E-state index contributed by atoms with van der Waals surface area (Å²) in [5.41, 5.74) is 0. The predicted molar refractivity (Wildman–Crippen MR) is 75.5 cm³/mol. The van der Waals surface area contributed by atoms with Crippen molar-refractivity contribution in [1.82, 2.24) is 14.9 Å². The normalized spacial score (nSPS) is 16.8. The van der Waals surface area contributed by atoms with Gasteiger partial charge >= 0.3 is 6.03 Å². The molecule has 1 aliphatic rings. The fourth-order valence-corrected chi connectivity index (χ4v) is 3.75. The Morgan fingerprint density at radius 2 is 1.79 bits per heavy atom. The van der Waals surface area contributed by atoms with E-state index in [1.165, 1.54) is 4.31 Å². The minimum absolute atomic E-state index is 0.0488. The fraction of sp³-hybridized carbons (Fsp3) is 0.917. The average molecular weight is 291 g/mol. The molecule has 6 nitrogen and oxygen atoms in total. The van der Waals surface area contributed by atoms with Crippen LogP contribution in [0.4, 0.5) is 4.79 Å². The number of sulfonamides is 1. The highest BCUT2D eigenvalue weighted by atomic mass is 32.2. The van der Waals surface area contributed by atoms with Gasteiger partial charge in [-0.2, -0.15) is 0 Å². The molecule has 0 saturated heterocycles. The van der Waals surface area contributed by atoms with Crippen molar-refractivity contribution in [2.45, 2.75) is 45.6 Å². The van der Waals surface area contributed by atoms with Crippen molar-refractivity contribution in [3.8, 4) is 0 Å². The molecule has 0 bridgehead atoms. The van der Waals surface area contributed by atoms with Crippen LogP contribution in [0.25, 0.3) is 0 Å². The Morgan fingerprint density at radius 1 is 1.21 bits per heavy atom. The van der Waals surface area contributed by atoms with Gasteiger partial charge in [0, 0.05) is 25.7 Å². The number of nitrogens with one attached hydrogen (secondary N) is 2. The summed E-state index contributed by atoms with van der Waals surface area (Å²) in [7, 11) is -3.25. The van der Waals surface area contributed by atoms with Crippen LogP contribution < -0.4 is 10.6 Å². The lowest BCUT2D eigenvalue weighted by Gasteiger charge is -2.18. The van der Waals surface area contributed by atoms with Crippen molar-refractivity contribution >= 4 is 16.1 Å². The van der Waals surface area contributed by atoms with Crippen molar-refractivity contribution in [3.05, 3.63) is 0 Å². The highest BCUT2D eigenvalue weighted by molar-refractivity contribution is 7.89. The molecule has 0 aromatic carbocycles. The van der Waals surface area contributed by atoms with Crippen molar-refractivity contribution in [2.24, 2.45) is 0 Å². The van der Waals surface area contributed by atoms with Gasteiger partial charge in [0.2, 0.25) is 10.0 Å². The zero-order chi connectivity index (χ0) is 14.3. The maximum Gasteiger partial charge on any atom is 0.315 e. The van der Waals surface area contributed by atoms with Gasteiger partial charge in [0.15, 0.2) is 0 Å². The number of carbonyl (C=O) groups excluding carboxylic acids is 1. The molecule has 2 N–H and O–H groups in total. The summed E-state index contributed by atoms with van der Waals surface area (Å²) in [6, 6.07) is -0.0129. The minimum Gasteiger partial charge on any atom is -0.337 e. The Labute approximate surface area is 116 Å². The maximum atomic E-state index is 11.9. The van der Waals surface area contributed by atoms with Crippen LogP contribution in [0.1, 0.15) is 39.5 Å². The molecule has 1 rings (SSSR count). The second kappa shape index (κ2) is 7.69. The third kappa shape index (κ3) is 5.36. The monoisotopic (exact) mass is 291 g/mol. The quantitative estimate of drug-likeness (QED) is 0.731. The molecule has 0 aromatic heterocycles. The van der Waals surface area contributed by atoms with E-state index in [0.717, 1.165) is 25.7 Å². The lowest BCUT2D eigenvalue weighted by molar-refractivity contribution is 0.237.